The first-order chi connectivity index (χ1) is 14.2. The summed E-state index contributed by atoms with van der Waals surface area (Å²) in [5, 5.41) is 8.96. The molecule has 0 radical (unpaired) electrons. The molecule has 1 saturated heterocycles. The third-order valence-electron chi connectivity index (χ3n) is 5.93. The molecule has 0 bridgehead atoms. The van der Waals surface area contributed by atoms with Gasteiger partial charge in [0.1, 0.15) is 12.4 Å². The lowest BCUT2D eigenvalue weighted by Crippen LogP contribution is -2.27. The van der Waals surface area contributed by atoms with E-state index in [0.29, 0.717) is 12.5 Å². The zero-order chi connectivity index (χ0) is 20.2. The Balaban J connectivity index is 1.34. The zero-order valence-corrected chi connectivity index (χ0v) is 17.7. The maximum atomic E-state index is 5.87. The van der Waals surface area contributed by atoms with E-state index in [2.05, 4.69) is 76.3 Å². The van der Waals surface area contributed by atoms with Crippen molar-refractivity contribution in [2.24, 2.45) is 5.92 Å². The van der Waals surface area contributed by atoms with Crippen LogP contribution < -0.4 is 9.64 Å². The van der Waals surface area contributed by atoms with E-state index in [9.17, 15) is 0 Å². The molecule has 0 aliphatic carbocycles. The van der Waals surface area contributed by atoms with Gasteiger partial charge in [-0.2, -0.15) is 0 Å². The van der Waals surface area contributed by atoms with Gasteiger partial charge in [0.25, 0.3) is 0 Å². The number of rotatable bonds is 8. The van der Waals surface area contributed by atoms with E-state index in [-0.39, 0.29) is 0 Å². The van der Waals surface area contributed by atoms with Gasteiger partial charge in [0.15, 0.2) is 5.82 Å². The van der Waals surface area contributed by atoms with E-state index in [1.54, 1.807) is 0 Å². The van der Waals surface area contributed by atoms with Crippen LogP contribution in [0.2, 0.25) is 0 Å². The molecule has 0 N–H and O–H groups in total. The molecule has 4 rings (SSSR count). The summed E-state index contributed by atoms with van der Waals surface area (Å²) in [7, 11) is 2.14. The molecule has 2 aliphatic rings. The van der Waals surface area contributed by atoms with E-state index in [1.165, 1.54) is 5.57 Å². The summed E-state index contributed by atoms with van der Waals surface area (Å²) in [4.78, 5) is 6.96. The molecular formula is C23H31N5O. The topological polar surface area (TPSA) is 44.7 Å². The normalized spacial score (nSPS) is 18.3. The largest absolute Gasteiger partial charge is 0.492 e. The lowest BCUT2D eigenvalue weighted by Gasteiger charge is -2.18. The summed E-state index contributed by atoms with van der Waals surface area (Å²) in [5.74, 6) is 2.49. The second kappa shape index (κ2) is 8.82. The van der Waals surface area contributed by atoms with Gasteiger partial charge in [0.2, 0.25) is 0 Å². The summed E-state index contributed by atoms with van der Waals surface area (Å²) in [5.41, 5.74) is 3.46. The first kappa shape index (κ1) is 19.7. The van der Waals surface area contributed by atoms with Gasteiger partial charge in [-0.15, -0.1) is 10.2 Å². The molecule has 2 aromatic rings. The smallest absolute Gasteiger partial charge is 0.151 e. The lowest BCUT2D eigenvalue weighted by molar-refractivity contribution is 0.223. The Kier molecular flexibility index (Phi) is 6.00. The number of likely N-dealkylation sites (N-methyl/N-ethyl adjacent to an activating group) is 1. The van der Waals surface area contributed by atoms with Crippen molar-refractivity contribution in [1.82, 2.24) is 20.0 Å². The van der Waals surface area contributed by atoms with E-state index in [1.807, 2.05) is 12.1 Å². The summed E-state index contributed by atoms with van der Waals surface area (Å²) in [6, 6.07) is 12.3. The van der Waals surface area contributed by atoms with Crippen LogP contribution in [-0.2, 0) is 0 Å². The van der Waals surface area contributed by atoms with Gasteiger partial charge in [-0.05, 0) is 55.1 Å². The predicted octanol–water partition coefficient (Wildman–Crippen LogP) is 3.13. The van der Waals surface area contributed by atoms with Crippen LogP contribution in [-0.4, -0.2) is 72.9 Å². The molecule has 1 fully saturated rings. The second-order valence-corrected chi connectivity index (χ2v) is 7.90. The molecular weight excluding hydrogens is 362 g/mol. The molecule has 0 spiro atoms. The first-order valence-corrected chi connectivity index (χ1v) is 10.6. The average Bonchev–Trinajstić information content (AvgIpc) is 3.29. The van der Waals surface area contributed by atoms with Crippen LogP contribution in [0.25, 0.3) is 11.3 Å². The Hall–Kier alpha value is -2.60. The fraction of sp³-hybridized carbons (Fsp3) is 0.478. The molecule has 154 valence electrons. The first-order valence-electron chi connectivity index (χ1n) is 10.6. The van der Waals surface area contributed by atoms with Crippen LogP contribution >= 0.6 is 0 Å². The van der Waals surface area contributed by atoms with Crippen LogP contribution in [0.4, 0.5) is 5.82 Å². The second-order valence-electron chi connectivity index (χ2n) is 7.90. The zero-order valence-electron chi connectivity index (χ0n) is 17.7. The third-order valence-corrected chi connectivity index (χ3v) is 5.93. The Morgan fingerprint density at radius 2 is 1.83 bits per heavy atom. The number of nitrogens with zero attached hydrogens (tertiary/aromatic N) is 5. The number of benzene rings is 1. The highest BCUT2D eigenvalue weighted by molar-refractivity contribution is 5.61. The number of ether oxygens (including phenoxy) is 1. The summed E-state index contributed by atoms with van der Waals surface area (Å²) in [6.07, 6.45) is 2.28. The minimum absolute atomic E-state index is 0.635. The standard InChI is InChI=1S/C23H31N5O/c1-4-27(5-2)12-13-29-21-8-6-18(7-9-21)22-10-11-23(25-24-22)28-16-19-14-26(3)15-20(19)17-28/h6-11,14,20H,4-5,12-13,15-17H2,1-3H3. The Labute approximate surface area is 173 Å². The molecule has 1 aromatic heterocycles. The molecule has 2 aliphatic heterocycles. The maximum absolute atomic E-state index is 5.87. The minimum atomic E-state index is 0.635. The molecule has 0 saturated carbocycles. The van der Waals surface area contributed by atoms with Crippen LogP contribution in [0.5, 0.6) is 5.75 Å². The van der Waals surface area contributed by atoms with E-state index in [0.717, 1.165) is 62.1 Å². The average molecular weight is 394 g/mol. The monoisotopic (exact) mass is 393 g/mol. The van der Waals surface area contributed by atoms with Crippen LogP contribution in [0.1, 0.15) is 13.8 Å². The summed E-state index contributed by atoms with van der Waals surface area (Å²) < 4.78 is 5.87. The van der Waals surface area contributed by atoms with Crippen molar-refractivity contribution in [2.75, 3.05) is 57.8 Å². The predicted molar refractivity (Wildman–Crippen MR) is 117 cm³/mol. The minimum Gasteiger partial charge on any atom is -0.492 e. The van der Waals surface area contributed by atoms with Crippen LogP contribution in [0, 0.1) is 5.92 Å². The van der Waals surface area contributed by atoms with Gasteiger partial charge < -0.3 is 19.4 Å². The van der Waals surface area contributed by atoms with Crippen molar-refractivity contribution >= 4 is 5.82 Å². The van der Waals surface area contributed by atoms with Gasteiger partial charge in [-0.1, -0.05) is 13.8 Å². The highest BCUT2D eigenvalue weighted by Gasteiger charge is 2.32. The van der Waals surface area contributed by atoms with Crippen LogP contribution in [0.15, 0.2) is 48.2 Å². The number of hydrogen-bond donors (Lipinski definition) is 0. The quantitative estimate of drug-likeness (QED) is 0.687. The van der Waals surface area contributed by atoms with Gasteiger partial charge in [-0.25, -0.2) is 0 Å². The van der Waals surface area contributed by atoms with Crippen molar-refractivity contribution in [3.05, 3.63) is 48.2 Å². The Morgan fingerprint density at radius 1 is 1.03 bits per heavy atom. The number of hydrogen-bond acceptors (Lipinski definition) is 6. The SMILES string of the molecule is CCN(CC)CCOc1ccc(-c2ccc(N3CC4=CN(C)CC4C3)nn2)cc1. The molecule has 6 nitrogen and oxygen atoms in total. The summed E-state index contributed by atoms with van der Waals surface area (Å²) in [6.45, 7) is 11.2. The summed E-state index contributed by atoms with van der Waals surface area (Å²) >= 11 is 0. The molecule has 0 amide bonds. The van der Waals surface area contributed by atoms with E-state index < -0.39 is 0 Å². The van der Waals surface area contributed by atoms with Gasteiger partial charge in [0, 0.05) is 50.9 Å². The van der Waals surface area contributed by atoms with Crippen molar-refractivity contribution in [3.63, 3.8) is 0 Å². The number of fused-ring (bicyclic) bond motifs is 1. The highest BCUT2D eigenvalue weighted by atomic mass is 16.5. The molecule has 1 atom stereocenters. The Morgan fingerprint density at radius 3 is 2.48 bits per heavy atom. The Bertz CT molecular complexity index is 829. The van der Waals surface area contributed by atoms with Crippen molar-refractivity contribution < 1.29 is 4.74 Å². The van der Waals surface area contributed by atoms with Gasteiger partial charge in [-0.3, -0.25) is 0 Å². The van der Waals surface area contributed by atoms with Crippen molar-refractivity contribution in [1.29, 1.82) is 0 Å². The number of anilines is 1. The number of aromatic nitrogens is 2. The fourth-order valence-electron chi connectivity index (χ4n) is 4.18. The maximum Gasteiger partial charge on any atom is 0.151 e. The lowest BCUT2D eigenvalue weighted by atomic mass is 10.1. The molecule has 29 heavy (non-hydrogen) atoms. The van der Waals surface area contributed by atoms with E-state index >= 15 is 0 Å². The van der Waals surface area contributed by atoms with Crippen molar-refractivity contribution in [2.45, 2.75) is 13.8 Å². The highest BCUT2D eigenvalue weighted by Crippen LogP contribution is 2.31. The molecule has 3 heterocycles. The third kappa shape index (κ3) is 4.53. The van der Waals surface area contributed by atoms with Crippen molar-refractivity contribution in [3.8, 4) is 17.0 Å². The van der Waals surface area contributed by atoms with E-state index in [4.69, 9.17) is 4.74 Å². The fourth-order valence-corrected chi connectivity index (χ4v) is 4.18. The molecule has 1 unspecified atom stereocenters. The van der Waals surface area contributed by atoms with Gasteiger partial charge >= 0.3 is 0 Å². The molecule has 1 aromatic carbocycles. The molecule has 6 heteroatoms. The van der Waals surface area contributed by atoms with Crippen LogP contribution in [0.3, 0.4) is 0 Å². The van der Waals surface area contributed by atoms with Gasteiger partial charge in [0.05, 0.1) is 5.69 Å².